The van der Waals surface area contributed by atoms with Crippen LogP contribution in [0.15, 0.2) is 24.3 Å². The Morgan fingerprint density at radius 1 is 1.29 bits per heavy atom. The van der Waals surface area contributed by atoms with Crippen LogP contribution in [0.25, 0.3) is 0 Å². The van der Waals surface area contributed by atoms with Crippen LogP contribution in [0.3, 0.4) is 0 Å². The summed E-state index contributed by atoms with van der Waals surface area (Å²) in [5, 5.41) is 9.39. The van der Waals surface area contributed by atoms with Gasteiger partial charge in [-0.25, -0.2) is 0 Å². The Labute approximate surface area is 126 Å². The summed E-state index contributed by atoms with van der Waals surface area (Å²) < 4.78 is 5.74. The number of rotatable bonds is 6. The van der Waals surface area contributed by atoms with Gasteiger partial charge in [0.25, 0.3) is 0 Å². The minimum absolute atomic E-state index is 0.0943. The zero-order valence-electron chi connectivity index (χ0n) is 13.0. The van der Waals surface area contributed by atoms with Crippen LogP contribution in [0.4, 0.5) is 0 Å². The molecule has 1 fully saturated rings. The number of para-hydroxylation sites is 1. The normalized spacial score (nSPS) is 19.0. The molecule has 0 amide bonds. The molecule has 2 rings (SSSR count). The molecule has 1 saturated heterocycles. The number of carboxylic acid groups (broad SMARTS) is 1. The van der Waals surface area contributed by atoms with Gasteiger partial charge >= 0.3 is 5.97 Å². The highest BCUT2D eigenvalue weighted by Gasteiger charge is 2.38. The SMILES string of the molecule is CCOc1ccccc1C(C)(CC(=O)O)N1CCCCC1. The van der Waals surface area contributed by atoms with Crippen LogP contribution < -0.4 is 4.74 Å². The van der Waals surface area contributed by atoms with E-state index in [4.69, 9.17) is 4.74 Å². The zero-order valence-corrected chi connectivity index (χ0v) is 13.0. The predicted molar refractivity (Wildman–Crippen MR) is 82.6 cm³/mol. The van der Waals surface area contributed by atoms with E-state index in [0.717, 1.165) is 37.2 Å². The molecule has 0 spiro atoms. The molecule has 1 unspecified atom stereocenters. The third-order valence-electron chi connectivity index (χ3n) is 4.32. The topological polar surface area (TPSA) is 49.8 Å². The van der Waals surface area contributed by atoms with Crippen molar-refractivity contribution in [3.8, 4) is 5.75 Å². The molecule has 4 nitrogen and oxygen atoms in total. The number of carboxylic acids is 1. The van der Waals surface area contributed by atoms with Crippen molar-refractivity contribution < 1.29 is 14.6 Å². The van der Waals surface area contributed by atoms with Crippen molar-refractivity contribution in [1.82, 2.24) is 4.90 Å². The summed E-state index contributed by atoms with van der Waals surface area (Å²) >= 11 is 0. The minimum Gasteiger partial charge on any atom is -0.494 e. The van der Waals surface area contributed by atoms with Crippen LogP contribution in [0, 0.1) is 0 Å². The Hall–Kier alpha value is -1.55. The van der Waals surface area contributed by atoms with E-state index in [1.54, 1.807) is 0 Å². The molecule has 0 aromatic heterocycles. The van der Waals surface area contributed by atoms with Crippen LogP contribution in [-0.4, -0.2) is 35.7 Å². The lowest BCUT2D eigenvalue weighted by atomic mass is 9.84. The molecule has 116 valence electrons. The largest absolute Gasteiger partial charge is 0.494 e. The lowest BCUT2D eigenvalue weighted by Crippen LogP contribution is -2.48. The molecule has 0 bridgehead atoms. The lowest BCUT2D eigenvalue weighted by molar-refractivity contribution is -0.140. The molecule has 1 aromatic carbocycles. The fourth-order valence-electron chi connectivity index (χ4n) is 3.25. The third-order valence-corrected chi connectivity index (χ3v) is 4.32. The van der Waals surface area contributed by atoms with Gasteiger partial charge < -0.3 is 9.84 Å². The number of aliphatic carboxylic acids is 1. The van der Waals surface area contributed by atoms with Crippen molar-refractivity contribution >= 4 is 5.97 Å². The molecule has 0 saturated carbocycles. The lowest BCUT2D eigenvalue weighted by Gasteiger charge is -2.43. The summed E-state index contributed by atoms with van der Waals surface area (Å²) in [4.78, 5) is 13.7. The summed E-state index contributed by atoms with van der Waals surface area (Å²) in [5.74, 6) is 0.0312. The summed E-state index contributed by atoms with van der Waals surface area (Å²) in [7, 11) is 0. The van der Waals surface area contributed by atoms with E-state index in [-0.39, 0.29) is 6.42 Å². The second-order valence-electron chi connectivity index (χ2n) is 5.82. The summed E-state index contributed by atoms with van der Waals surface area (Å²) in [5.41, 5.74) is 0.467. The maximum atomic E-state index is 11.4. The Bertz CT molecular complexity index is 483. The first kappa shape index (κ1) is 15.8. The third kappa shape index (κ3) is 3.56. The van der Waals surface area contributed by atoms with Crippen molar-refractivity contribution in [2.24, 2.45) is 0 Å². The quantitative estimate of drug-likeness (QED) is 0.874. The molecule has 0 aliphatic carbocycles. The average molecular weight is 291 g/mol. The monoisotopic (exact) mass is 291 g/mol. The van der Waals surface area contributed by atoms with Gasteiger partial charge in [-0.3, -0.25) is 9.69 Å². The van der Waals surface area contributed by atoms with Gasteiger partial charge in [0.1, 0.15) is 5.75 Å². The van der Waals surface area contributed by atoms with Gasteiger partial charge in [0.15, 0.2) is 0 Å². The number of hydrogen-bond acceptors (Lipinski definition) is 3. The summed E-state index contributed by atoms with van der Waals surface area (Å²) in [6.07, 6.45) is 3.59. The van der Waals surface area contributed by atoms with E-state index in [9.17, 15) is 9.90 Å². The predicted octanol–water partition coefficient (Wildman–Crippen LogP) is 3.26. The first-order valence-electron chi connectivity index (χ1n) is 7.77. The Morgan fingerprint density at radius 3 is 2.57 bits per heavy atom. The molecule has 1 heterocycles. The van der Waals surface area contributed by atoms with Gasteiger partial charge in [-0.1, -0.05) is 24.6 Å². The van der Waals surface area contributed by atoms with E-state index in [0.29, 0.717) is 6.61 Å². The number of nitrogens with zero attached hydrogens (tertiary/aromatic N) is 1. The number of carbonyl (C=O) groups is 1. The van der Waals surface area contributed by atoms with Crippen LogP contribution in [0.2, 0.25) is 0 Å². The first-order chi connectivity index (χ1) is 10.1. The molecule has 4 heteroatoms. The second-order valence-corrected chi connectivity index (χ2v) is 5.82. The summed E-state index contributed by atoms with van der Waals surface area (Å²) in [6, 6.07) is 7.83. The van der Waals surface area contributed by atoms with Gasteiger partial charge in [0, 0.05) is 5.56 Å². The minimum atomic E-state index is -0.769. The number of ether oxygens (including phenoxy) is 1. The van der Waals surface area contributed by atoms with Gasteiger partial charge in [-0.05, 0) is 45.8 Å². The van der Waals surface area contributed by atoms with Gasteiger partial charge in [-0.2, -0.15) is 0 Å². The van der Waals surface area contributed by atoms with E-state index in [2.05, 4.69) is 4.90 Å². The highest BCUT2D eigenvalue weighted by molar-refractivity contribution is 5.69. The van der Waals surface area contributed by atoms with Crippen molar-refractivity contribution in [3.05, 3.63) is 29.8 Å². The maximum Gasteiger partial charge on any atom is 0.305 e. The Kier molecular flexibility index (Phi) is 5.23. The summed E-state index contributed by atoms with van der Waals surface area (Å²) in [6.45, 7) is 6.46. The van der Waals surface area contributed by atoms with Crippen LogP contribution >= 0.6 is 0 Å². The van der Waals surface area contributed by atoms with Crippen LogP contribution in [0.5, 0.6) is 5.75 Å². The highest BCUT2D eigenvalue weighted by Crippen LogP contribution is 2.39. The van der Waals surface area contributed by atoms with E-state index in [1.807, 2.05) is 38.1 Å². The van der Waals surface area contributed by atoms with Crippen molar-refractivity contribution in [2.75, 3.05) is 19.7 Å². The van der Waals surface area contributed by atoms with Gasteiger partial charge in [-0.15, -0.1) is 0 Å². The van der Waals surface area contributed by atoms with Crippen molar-refractivity contribution in [2.45, 2.75) is 45.1 Å². The van der Waals surface area contributed by atoms with Crippen LogP contribution in [0.1, 0.15) is 45.1 Å². The van der Waals surface area contributed by atoms with Crippen molar-refractivity contribution in [1.29, 1.82) is 0 Å². The molecule has 1 N–H and O–H groups in total. The molecule has 1 atom stereocenters. The number of likely N-dealkylation sites (tertiary alicyclic amines) is 1. The number of piperidine rings is 1. The van der Waals surface area contributed by atoms with Gasteiger partial charge in [0.05, 0.1) is 18.6 Å². The zero-order chi connectivity index (χ0) is 15.3. The maximum absolute atomic E-state index is 11.4. The molecule has 21 heavy (non-hydrogen) atoms. The van der Waals surface area contributed by atoms with E-state index in [1.165, 1.54) is 6.42 Å². The van der Waals surface area contributed by atoms with Crippen molar-refractivity contribution in [3.63, 3.8) is 0 Å². The second kappa shape index (κ2) is 6.94. The molecule has 0 radical (unpaired) electrons. The Morgan fingerprint density at radius 2 is 1.95 bits per heavy atom. The molecular formula is C17H25NO3. The standard InChI is InChI=1S/C17H25NO3/c1-3-21-15-10-6-5-9-14(15)17(2,13-16(19)20)18-11-7-4-8-12-18/h5-6,9-10H,3-4,7-8,11-13H2,1-2H3,(H,19,20). The van der Waals surface area contributed by atoms with E-state index < -0.39 is 11.5 Å². The molecular weight excluding hydrogens is 266 g/mol. The van der Waals surface area contributed by atoms with Crippen LogP contribution in [-0.2, 0) is 10.3 Å². The molecule has 1 aromatic rings. The Balaban J connectivity index is 2.41. The number of hydrogen-bond donors (Lipinski definition) is 1. The van der Waals surface area contributed by atoms with E-state index >= 15 is 0 Å². The molecule has 1 aliphatic heterocycles. The first-order valence-corrected chi connectivity index (χ1v) is 7.77. The van der Waals surface area contributed by atoms with Gasteiger partial charge in [0.2, 0.25) is 0 Å². The fraction of sp³-hybridized carbons (Fsp3) is 0.588. The average Bonchev–Trinajstić information content (AvgIpc) is 2.48. The smallest absolute Gasteiger partial charge is 0.305 e. The fourth-order valence-corrected chi connectivity index (χ4v) is 3.25. The number of benzene rings is 1. The highest BCUT2D eigenvalue weighted by atomic mass is 16.5. The molecule has 1 aliphatic rings.